The number of rotatable bonds is 64. The second-order valence-electron chi connectivity index (χ2n) is 27.1. The van der Waals surface area contributed by atoms with Crippen LogP contribution in [0.25, 0.3) is 0 Å². The first kappa shape index (κ1) is 83.6. The molecule has 0 radical (unpaired) electrons. The van der Waals surface area contributed by atoms with Crippen LogP contribution < -0.4 is 5.32 Å². The van der Waals surface area contributed by atoms with Gasteiger partial charge >= 0.3 is 0 Å². The van der Waals surface area contributed by atoms with Gasteiger partial charge in [-0.1, -0.05) is 340 Å². The van der Waals surface area contributed by atoms with Crippen molar-refractivity contribution in [2.45, 2.75) is 428 Å². The van der Waals surface area contributed by atoms with Gasteiger partial charge in [0.1, 0.15) is 48.8 Å². The van der Waals surface area contributed by atoms with Crippen molar-refractivity contribution in [3.05, 3.63) is 24.3 Å². The summed E-state index contributed by atoms with van der Waals surface area (Å²) in [5.74, 6) is -0.240. The van der Waals surface area contributed by atoms with Gasteiger partial charge in [0.05, 0.1) is 32.0 Å². The van der Waals surface area contributed by atoms with Crippen LogP contribution in [0.5, 0.6) is 0 Å². The molecule has 9 N–H and O–H groups in total. The Hall–Kier alpha value is -1.53. The number of nitrogens with one attached hydrogen (secondary N) is 1. The standard InChI is InChI=1S/C75H143NO13/c1-3-5-7-9-11-13-15-17-19-21-23-25-27-28-29-30-31-32-33-34-35-37-39-41-43-45-47-49-51-53-55-57-59-67(80)76-63(62-86-74-72(85)70(83)73(66(61-78)88-74)89-75-71(84)69(82)68(81)65(60-77)87-75)64(79)58-56-54-52-50-48-46-44-42-40-38-36-26-24-22-20-18-16-14-12-10-8-6-4-2/h48,50,56,58,63-66,68-75,77-79,81-85H,3-47,49,51-55,57,59-62H2,1-2H3,(H,76,80)/b50-48+,58-56+. The Morgan fingerprint density at radius 1 is 0.393 bits per heavy atom. The van der Waals surface area contributed by atoms with E-state index in [1.807, 2.05) is 6.08 Å². The Morgan fingerprint density at radius 3 is 1.10 bits per heavy atom. The highest BCUT2D eigenvalue weighted by Gasteiger charge is 2.51. The maximum atomic E-state index is 13.4. The molecule has 2 saturated heterocycles. The van der Waals surface area contributed by atoms with Crippen molar-refractivity contribution in [1.82, 2.24) is 5.32 Å². The predicted molar refractivity (Wildman–Crippen MR) is 365 cm³/mol. The molecule has 526 valence electrons. The highest BCUT2D eigenvalue weighted by Crippen LogP contribution is 2.30. The van der Waals surface area contributed by atoms with Gasteiger partial charge in [0, 0.05) is 6.42 Å². The second-order valence-corrected chi connectivity index (χ2v) is 27.1. The molecule has 2 aliphatic rings. The molecule has 0 aromatic carbocycles. The molecule has 2 heterocycles. The first-order valence-corrected chi connectivity index (χ1v) is 38.1. The summed E-state index contributed by atoms with van der Waals surface area (Å²) in [6, 6.07) is -0.930. The lowest BCUT2D eigenvalue weighted by Gasteiger charge is -2.46. The minimum Gasteiger partial charge on any atom is -0.394 e. The van der Waals surface area contributed by atoms with Gasteiger partial charge in [-0.15, -0.1) is 0 Å². The van der Waals surface area contributed by atoms with E-state index in [1.54, 1.807) is 6.08 Å². The average molecular weight is 1270 g/mol. The van der Waals surface area contributed by atoms with E-state index < -0.39 is 86.8 Å². The fraction of sp³-hybridized carbons (Fsp3) is 0.933. The van der Waals surface area contributed by atoms with Gasteiger partial charge in [0.25, 0.3) is 0 Å². The lowest BCUT2D eigenvalue weighted by molar-refractivity contribution is -0.359. The number of aliphatic hydroxyl groups is 8. The summed E-state index contributed by atoms with van der Waals surface area (Å²) in [6.45, 7) is 2.85. The highest BCUT2D eigenvalue weighted by molar-refractivity contribution is 5.76. The van der Waals surface area contributed by atoms with Crippen LogP contribution in [0.3, 0.4) is 0 Å². The van der Waals surface area contributed by atoms with Crippen LogP contribution in [0.2, 0.25) is 0 Å². The van der Waals surface area contributed by atoms with Crippen molar-refractivity contribution in [1.29, 1.82) is 0 Å². The van der Waals surface area contributed by atoms with E-state index in [0.29, 0.717) is 12.8 Å². The zero-order valence-corrected chi connectivity index (χ0v) is 57.5. The Morgan fingerprint density at radius 2 is 0.719 bits per heavy atom. The number of allylic oxidation sites excluding steroid dienone is 3. The van der Waals surface area contributed by atoms with Gasteiger partial charge in [-0.25, -0.2) is 0 Å². The molecule has 89 heavy (non-hydrogen) atoms. The fourth-order valence-electron chi connectivity index (χ4n) is 12.8. The number of amides is 1. The van der Waals surface area contributed by atoms with Crippen LogP contribution in [-0.2, 0) is 23.7 Å². The molecule has 14 heteroatoms. The Kier molecular flexibility index (Phi) is 56.5. The molecular weight excluding hydrogens is 1120 g/mol. The van der Waals surface area contributed by atoms with Gasteiger partial charge in [-0.2, -0.15) is 0 Å². The van der Waals surface area contributed by atoms with Crippen molar-refractivity contribution in [2.24, 2.45) is 0 Å². The molecule has 0 aromatic heterocycles. The molecule has 0 aliphatic carbocycles. The molecular formula is C75H143NO13. The summed E-state index contributed by atoms with van der Waals surface area (Å²) in [5.41, 5.74) is 0. The monoisotopic (exact) mass is 1270 g/mol. The summed E-state index contributed by atoms with van der Waals surface area (Å²) in [4.78, 5) is 13.4. The third-order valence-electron chi connectivity index (χ3n) is 18.9. The van der Waals surface area contributed by atoms with Crippen molar-refractivity contribution in [3.63, 3.8) is 0 Å². The first-order valence-electron chi connectivity index (χ1n) is 38.1. The first-order chi connectivity index (χ1) is 43.6. The lowest BCUT2D eigenvalue weighted by Crippen LogP contribution is -2.65. The third kappa shape index (κ3) is 44.0. The maximum Gasteiger partial charge on any atom is 0.220 e. The number of ether oxygens (including phenoxy) is 4. The van der Waals surface area contributed by atoms with Crippen molar-refractivity contribution in [3.8, 4) is 0 Å². The number of hydrogen-bond acceptors (Lipinski definition) is 13. The maximum absolute atomic E-state index is 13.4. The van der Waals surface area contributed by atoms with Gasteiger partial charge in [0.15, 0.2) is 12.6 Å². The summed E-state index contributed by atoms with van der Waals surface area (Å²) < 4.78 is 22.9. The summed E-state index contributed by atoms with van der Waals surface area (Å²) in [6.07, 6.45) is 59.8. The van der Waals surface area contributed by atoms with Crippen LogP contribution in [0, 0.1) is 0 Å². The third-order valence-corrected chi connectivity index (χ3v) is 18.9. The van der Waals surface area contributed by atoms with Crippen LogP contribution in [-0.4, -0.2) is 140 Å². The SMILES string of the molecule is CCCCCCCCCCCCCCCCCCC/C=C/CC/C=C/C(O)C(COC1OC(CO)C(OC2OC(CO)C(O)C(O)C2O)C(O)C1O)NC(=O)CCCCCCCCCCCCCCCCCCCCCCCCCCCCCCCCCC. The average Bonchev–Trinajstić information content (AvgIpc) is 3.61. The van der Waals surface area contributed by atoms with E-state index in [4.69, 9.17) is 18.9 Å². The second kappa shape index (κ2) is 60.2. The van der Waals surface area contributed by atoms with Crippen LogP contribution in [0.1, 0.15) is 354 Å². The number of carbonyl (C=O) groups excluding carboxylic acids is 1. The van der Waals surface area contributed by atoms with E-state index >= 15 is 0 Å². The number of hydrogen-bond donors (Lipinski definition) is 9. The number of aliphatic hydroxyl groups excluding tert-OH is 8. The largest absolute Gasteiger partial charge is 0.394 e. The molecule has 12 unspecified atom stereocenters. The summed E-state index contributed by atoms with van der Waals surface area (Å²) >= 11 is 0. The Bertz CT molecular complexity index is 1590. The van der Waals surface area contributed by atoms with Crippen LogP contribution >= 0.6 is 0 Å². The van der Waals surface area contributed by atoms with Crippen LogP contribution in [0.4, 0.5) is 0 Å². The zero-order valence-electron chi connectivity index (χ0n) is 57.5. The highest BCUT2D eigenvalue weighted by atomic mass is 16.7. The molecule has 2 aliphatic heterocycles. The molecule has 0 aromatic rings. The number of carbonyl (C=O) groups is 1. The zero-order chi connectivity index (χ0) is 64.5. The smallest absolute Gasteiger partial charge is 0.220 e. The van der Waals surface area contributed by atoms with Gasteiger partial charge < -0.3 is 65.1 Å². The normalized spacial score (nSPS) is 23.1. The van der Waals surface area contributed by atoms with E-state index in [-0.39, 0.29) is 18.9 Å². The number of unbranched alkanes of at least 4 members (excludes halogenated alkanes) is 49. The molecule has 0 spiro atoms. The molecule has 12 atom stereocenters. The van der Waals surface area contributed by atoms with Crippen molar-refractivity contribution in [2.75, 3.05) is 19.8 Å². The van der Waals surface area contributed by atoms with Crippen molar-refractivity contribution >= 4 is 5.91 Å². The lowest BCUT2D eigenvalue weighted by atomic mass is 9.97. The van der Waals surface area contributed by atoms with Gasteiger partial charge in [0.2, 0.25) is 5.91 Å². The Balaban J connectivity index is 1.64. The van der Waals surface area contributed by atoms with Crippen LogP contribution in [0.15, 0.2) is 24.3 Å². The summed E-state index contributed by atoms with van der Waals surface area (Å²) in [7, 11) is 0. The Labute approximate surface area is 545 Å². The fourth-order valence-corrected chi connectivity index (χ4v) is 12.8. The van der Waals surface area contributed by atoms with E-state index in [0.717, 1.165) is 32.1 Å². The topological polar surface area (TPSA) is 228 Å². The molecule has 2 fully saturated rings. The minimum atomic E-state index is -1.79. The van der Waals surface area contributed by atoms with E-state index in [2.05, 4.69) is 31.3 Å². The van der Waals surface area contributed by atoms with Crippen molar-refractivity contribution < 1.29 is 64.6 Å². The quantitative estimate of drug-likeness (QED) is 0.0204. The van der Waals surface area contributed by atoms with Gasteiger partial charge in [-0.3, -0.25) is 4.79 Å². The molecule has 2 rings (SSSR count). The predicted octanol–water partition coefficient (Wildman–Crippen LogP) is 16.3. The molecule has 1 amide bonds. The van der Waals surface area contributed by atoms with E-state index in [1.165, 1.54) is 289 Å². The molecule has 0 bridgehead atoms. The molecule has 0 saturated carbocycles. The van der Waals surface area contributed by atoms with E-state index in [9.17, 15) is 45.6 Å². The minimum absolute atomic E-state index is 0.240. The molecule has 14 nitrogen and oxygen atoms in total. The summed E-state index contributed by atoms with van der Waals surface area (Å²) in [5, 5.41) is 87.5. The van der Waals surface area contributed by atoms with Gasteiger partial charge in [-0.05, 0) is 32.1 Å².